The summed E-state index contributed by atoms with van der Waals surface area (Å²) in [5, 5.41) is 6.54. The molecule has 1 aliphatic rings. The van der Waals surface area contributed by atoms with Crippen LogP contribution in [-0.4, -0.2) is 17.1 Å². The van der Waals surface area contributed by atoms with Crippen molar-refractivity contribution in [1.82, 2.24) is 0 Å². The lowest BCUT2D eigenvalue weighted by molar-refractivity contribution is -0.00827. The lowest BCUT2D eigenvalue weighted by Crippen LogP contribution is -1.80. The molecule has 0 fully saturated rings. The Bertz CT molecular complexity index is 157. The second-order valence-electron chi connectivity index (χ2n) is 0.860. The first-order valence-electron chi connectivity index (χ1n) is 1.59. The van der Waals surface area contributed by atoms with Gasteiger partial charge in [0.25, 0.3) is 0 Å². The molecular weight excluding hydrogens is 94.1 g/mol. The Morgan fingerprint density at radius 1 is 1.71 bits per heavy atom. The maximum atomic E-state index is 7.89. The van der Waals surface area contributed by atoms with E-state index in [9.17, 15) is 0 Å². The van der Waals surface area contributed by atoms with Crippen molar-refractivity contribution in [3.8, 4) is 0 Å². The fourth-order valence-corrected chi connectivity index (χ4v) is 0.227. The summed E-state index contributed by atoms with van der Waals surface area (Å²) in [4.78, 5) is 6.04. The second kappa shape index (κ2) is 1.40. The van der Waals surface area contributed by atoms with Crippen molar-refractivity contribution in [3.63, 3.8) is 0 Å². The largest absolute Gasteiger partial charge is 0.542 e. The van der Waals surface area contributed by atoms with Crippen molar-refractivity contribution in [1.29, 1.82) is 0 Å². The van der Waals surface area contributed by atoms with Gasteiger partial charge in [0.2, 0.25) is 6.34 Å². The van der Waals surface area contributed by atoms with Gasteiger partial charge in [0.1, 0.15) is 0 Å². The van der Waals surface area contributed by atoms with E-state index < -0.39 is 0 Å². The lowest BCUT2D eigenvalue weighted by atomic mass is 11.1. The Morgan fingerprint density at radius 3 is 2.86 bits per heavy atom. The summed E-state index contributed by atoms with van der Waals surface area (Å²) in [5.74, 6) is 0.000000000000000222. The third-order valence-corrected chi connectivity index (χ3v) is 0.461. The van der Waals surface area contributed by atoms with Crippen LogP contribution in [0.25, 0.3) is 5.53 Å². The highest BCUT2D eigenvalue weighted by atomic mass is 15.3. The monoisotopic (exact) mass is 95.0 g/mol. The van der Waals surface area contributed by atoms with Crippen molar-refractivity contribution in [2.75, 3.05) is 0 Å². The van der Waals surface area contributed by atoms with Crippen LogP contribution in [0.2, 0.25) is 0 Å². The highest BCUT2D eigenvalue weighted by Crippen LogP contribution is 1.84. The zero-order valence-corrected chi connectivity index (χ0v) is 3.31. The molecule has 0 unspecified atom stereocenters. The number of guanidine groups is 1. The first-order chi connectivity index (χ1) is 3.43. The summed E-state index contributed by atoms with van der Waals surface area (Å²) in [6.45, 7) is 0. The van der Waals surface area contributed by atoms with Crippen LogP contribution >= 0.6 is 0 Å². The first-order valence-corrected chi connectivity index (χ1v) is 1.59. The van der Waals surface area contributed by atoms with Gasteiger partial charge in [-0.3, -0.25) is 0 Å². The Balaban J connectivity index is 3.00. The summed E-state index contributed by atoms with van der Waals surface area (Å²) in [5.41, 5.74) is 7.89. The van der Waals surface area contributed by atoms with Crippen LogP contribution in [-0.2, 0) is 0 Å². The molecule has 34 valence electrons. The van der Waals surface area contributed by atoms with E-state index in [1.807, 2.05) is 0 Å². The first kappa shape index (κ1) is 3.83. The zero-order chi connectivity index (χ0) is 5.11. The number of aliphatic imine (C=N–C) groups is 1. The van der Waals surface area contributed by atoms with Crippen LogP contribution in [0.3, 0.4) is 0 Å². The molecule has 0 radical (unpaired) electrons. The standard InChI is InChI=1S/C2HN5/c3-6-2-4-1-5-7-2/h1H. The van der Waals surface area contributed by atoms with Crippen molar-refractivity contribution in [2.24, 2.45) is 15.2 Å². The second-order valence-corrected chi connectivity index (χ2v) is 0.860. The van der Waals surface area contributed by atoms with Gasteiger partial charge in [-0.2, -0.15) is 0 Å². The number of nitrogens with zero attached hydrogens (tertiary/aromatic N) is 5. The van der Waals surface area contributed by atoms with Gasteiger partial charge in [0, 0.05) is 0 Å². The summed E-state index contributed by atoms with van der Waals surface area (Å²) in [7, 11) is 0. The average Bonchev–Trinajstić information content (AvgIpc) is 2.14. The third-order valence-electron chi connectivity index (χ3n) is 0.461. The molecule has 7 heavy (non-hydrogen) atoms. The fourth-order valence-electron chi connectivity index (χ4n) is 0.227. The normalized spacial score (nSPS) is 15.1. The molecule has 0 aliphatic carbocycles. The molecular formula is C2HN5. The van der Waals surface area contributed by atoms with Gasteiger partial charge in [-0.25, -0.2) is 0 Å². The number of azo groups is 1. The molecule has 0 saturated heterocycles. The summed E-state index contributed by atoms with van der Waals surface area (Å²) >= 11 is 0. The topological polar surface area (TPSA) is 73.5 Å². The molecule has 1 heterocycles. The molecule has 5 heteroatoms. The fraction of sp³-hybridized carbons (Fsp3) is 0. The van der Waals surface area contributed by atoms with Crippen LogP contribution in [0.4, 0.5) is 0 Å². The van der Waals surface area contributed by atoms with Gasteiger partial charge in [-0.15, -0.1) is 0 Å². The molecule has 0 aromatic rings. The van der Waals surface area contributed by atoms with Gasteiger partial charge in [-0.05, 0) is 10.1 Å². The minimum absolute atomic E-state index is 0.000000000000000222. The van der Waals surface area contributed by atoms with Crippen LogP contribution in [0, 0.1) is 0 Å². The van der Waals surface area contributed by atoms with Crippen LogP contribution in [0.15, 0.2) is 15.2 Å². The zero-order valence-electron chi connectivity index (χ0n) is 3.31. The van der Waals surface area contributed by atoms with E-state index in [0.29, 0.717) is 0 Å². The third kappa shape index (κ3) is 0.558. The van der Waals surface area contributed by atoms with E-state index in [1.165, 1.54) is 6.34 Å². The maximum absolute atomic E-state index is 7.89. The Labute approximate surface area is 39.0 Å². The molecule has 0 aromatic carbocycles. The molecule has 0 N–H and O–H groups in total. The molecule has 0 saturated carbocycles. The Morgan fingerprint density at radius 2 is 2.57 bits per heavy atom. The van der Waals surface area contributed by atoms with E-state index in [-0.39, 0.29) is 5.96 Å². The molecule has 0 amide bonds. The number of rotatable bonds is 0. The summed E-state index contributed by atoms with van der Waals surface area (Å²) in [6, 6.07) is 0. The van der Waals surface area contributed by atoms with E-state index in [0.717, 1.165) is 0 Å². The van der Waals surface area contributed by atoms with Gasteiger partial charge < -0.3 is 10.3 Å². The molecule has 0 atom stereocenters. The van der Waals surface area contributed by atoms with Gasteiger partial charge in [-0.1, -0.05) is 0 Å². The molecule has 0 spiro atoms. The Kier molecular flexibility index (Phi) is 0.766. The number of hydrogen-bond donors (Lipinski definition) is 0. The van der Waals surface area contributed by atoms with Crippen molar-refractivity contribution in [2.45, 2.75) is 0 Å². The highest BCUT2D eigenvalue weighted by molar-refractivity contribution is 5.87. The summed E-state index contributed by atoms with van der Waals surface area (Å²) in [6.07, 6.45) is 1.20. The Hall–Kier alpha value is -1.35. The lowest BCUT2D eigenvalue weighted by Gasteiger charge is -1.57. The van der Waals surface area contributed by atoms with E-state index >= 15 is 0 Å². The molecule has 0 bridgehead atoms. The van der Waals surface area contributed by atoms with E-state index in [2.05, 4.69) is 20.0 Å². The van der Waals surface area contributed by atoms with Crippen molar-refractivity contribution < 1.29 is 4.79 Å². The van der Waals surface area contributed by atoms with Gasteiger partial charge in [0.05, 0.1) is 5.11 Å². The molecule has 1 aliphatic heterocycles. The predicted molar refractivity (Wildman–Crippen MR) is 22.0 cm³/mol. The summed E-state index contributed by atoms with van der Waals surface area (Å²) < 4.78 is 0. The van der Waals surface area contributed by atoms with E-state index in [4.69, 9.17) is 5.53 Å². The van der Waals surface area contributed by atoms with E-state index in [1.54, 1.807) is 0 Å². The molecule has 0 aromatic heterocycles. The van der Waals surface area contributed by atoms with Crippen molar-refractivity contribution >= 4 is 12.3 Å². The smallest absolute Gasteiger partial charge is 0.530 e. The molecule has 1 rings (SSSR count). The highest BCUT2D eigenvalue weighted by Gasteiger charge is 2.07. The predicted octanol–water partition coefficient (Wildman–Crippen LogP) is 0.0663. The van der Waals surface area contributed by atoms with Crippen LogP contribution in [0.5, 0.6) is 0 Å². The number of hydrogen-bond acceptors (Lipinski definition) is 1. The average molecular weight is 95.1 g/mol. The quantitative estimate of drug-likeness (QED) is 0.301. The van der Waals surface area contributed by atoms with Crippen LogP contribution < -0.4 is 0 Å². The van der Waals surface area contributed by atoms with Gasteiger partial charge >= 0.3 is 5.96 Å². The molecule has 5 nitrogen and oxygen atoms in total. The maximum Gasteiger partial charge on any atom is 0.530 e. The minimum Gasteiger partial charge on any atom is -0.542 e. The SMILES string of the molecule is [N-]=[N+]=C1N=CN=N1. The van der Waals surface area contributed by atoms with Crippen LogP contribution in [0.1, 0.15) is 0 Å². The van der Waals surface area contributed by atoms with Crippen molar-refractivity contribution in [3.05, 3.63) is 5.53 Å². The van der Waals surface area contributed by atoms with Gasteiger partial charge in [0.15, 0.2) is 0 Å². The minimum atomic E-state index is 0.000000000000000222.